The molecule has 1 atom stereocenters. The van der Waals surface area contributed by atoms with E-state index < -0.39 is 16.2 Å². The molecule has 0 rings (SSSR count). The van der Waals surface area contributed by atoms with Gasteiger partial charge in [-0.15, -0.1) is 0 Å². The highest BCUT2D eigenvalue weighted by Crippen LogP contribution is 2.19. The van der Waals surface area contributed by atoms with Crippen LogP contribution in [0.25, 0.3) is 0 Å². The summed E-state index contributed by atoms with van der Waals surface area (Å²) < 4.78 is 0. The van der Waals surface area contributed by atoms with Gasteiger partial charge >= 0.3 is 5.72 Å². The standard InChI is InChI=1S/C6H13NO4/c1-5(2,8)4-6(3,9)7(10)11/h8-9H,4H2,1-3H3. The summed E-state index contributed by atoms with van der Waals surface area (Å²) in [6.07, 6.45) is -0.285. The van der Waals surface area contributed by atoms with Crippen LogP contribution in [0, 0.1) is 10.1 Å². The maximum atomic E-state index is 10.1. The van der Waals surface area contributed by atoms with Crippen molar-refractivity contribution in [3.05, 3.63) is 10.1 Å². The molecule has 0 amide bonds. The summed E-state index contributed by atoms with van der Waals surface area (Å²) in [6, 6.07) is 0. The monoisotopic (exact) mass is 163 g/mol. The Hall–Kier alpha value is -0.680. The molecule has 5 heteroatoms. The molecule has 0 aliphatic carbocycles. The van der Waals surface area contributed by atoms with Gasteiger partial charge in [-0.25, -0.2) is 0 Å². The fraction of sp³-hybridized carbons (Fsp3) is 1.00. The highest BCUT2D eigenvalue weighted by Gasteiger charge is 2.39. The lowest BCUT2D eigenvalue weighted by Gasteiger charge is -2.22. The van der Waals surface area contributed by atoms with Crippen molar-refractivity contribution >= 4 is 0 Å². The number of rotatable bonds is 3. The van der Waals surface area contributed by atoms with Crippen molar-refractivity contribution in [3.63, 3.8) is 0 Å². The van der Waals surface area contributed by atoms with Crippen LogP contribution in [-0.4, -0.2) is 26.5 Å². The van der Waals surface area contributed by atoms with E-state index in [1.807, 2.05) is 0 Å². The van der Waals surface area contributed by atoms with E-state index in [1.165, 1.54) is 13.8 Å². The zero-order valence-corrected chi connectivity index (χ0v) is 6.87. The predicted octanol–water partition coefficient (Wildman–Crippen LogP) is 0.133. The molecule has 66 valence electrons. The minimum absolute atomic E-state index is 0.285. The molecular formula is C6H13NO4. The van der Waals surface area contributed by atoms with Gasteiger partial charge in [-0.3, -0.25) is 10.1 Å². The topological polar surface area (TPSA) is 83.6 Å². The normalized spacial score (nSPS) is 17.5. The summed E-state index contributed by atoms with van der Waals surface area (Å²) in [5.74, 6) is 0. The molecule has 0 aliphatic heterocycles. The Morgan fingerprint density at radius 3 is 1.82 bits per heavy atom. The van der Waals surface area contributed by atoms with Crippen LogP contribution in [0.3, 0.4) is 0 Å². The van der Waals surface area contributed by atoms with Crippen LogP contribution >= 0.6 is 0 Å². The van der Waals surface area contributed by atoms with E-state index in [1.54, 1.807) is 0 Å². The summed E-state index contributed by atoms with van der Waals surface area (Å²) >= 11 is 0. The second-order valence-electron chi connectivity index (χ2n) is 3.46. The summed E-state index contributed by atoms with van der Waals surface area (Å²) in [7, 11) is 0. The average molecular weight is 163 g/mol. The molecule has 1 unspecified atom stereocenters. The van der Waals surface area contributed by atoms with Gasteiger partial charge in [-0.2, -0.15) is 0 Å². The molecule has 5 nitrogen and oxygen atoms in total. The summed E-state index contributed by atoms with van der Waals surface area (Å²) in [6.45, 7) is 3.88. The molecule has 2 N–H and O–H groups in total. The SMILES string of the molecule is CC(C)(O)CC(C)(O)[N+](=O)[O-]. The van der Waals surface area contributed by atoms with Crippen molar-refractivity contribution in [2.24, 2.45) is 0 Å². The molecular weight excluding hydrogens is 150 g/mol. The summed E-state index contributed by atoms with van der Waals surface area (Å²) in [5, 5.41) is 28.3. The molecule has 0 saturated heterocycles. The molecule has 0 aromatic heterocycles. The minimum atomic E-state index is -2.04. The van der Waals surface area contributed by atoms with E-state index >= 15 is 0 Å². The number of hydrogen-bond acceptors (Lipinski definition) is 4. The van der Waals surface area contributed by atoms with Crippen LogP contribution in [0.1, 0.15) is 27.2 Å². The number of aliphatic hydroxyl groups is 2. The summed E-state index contributed by atoms with van der Waals surface area (Å²) in [5.41, 5.74) is -3.27. The van der Waals surface area contributed by atoms with Crippen LogP contribution in [-0.2, 0) is 0 Å². The van der Waals surface area contributed by atoms with E-state index in [0.717, 1.165) is 6.92 Å². The van der Waals surface area contributed by atoms with Crippen molar-refractivity contribution in [3.8, 4) is 0 Å². The van der Waals surface area contributed by atoms with Crippen molar-refractivity contribution in [1.29, 1.82) is 0 Å². The average Bonchev–Trinajstić information content (AvgIpc) is 1.56. The van der Waals surface area contributed by atoms with E-state index in [9.17, 15) is 10.1 Å². The van der Waals surface area contributed by atoms with Crippen molar-refractivity contribution in [2.75, 3.05) is 0 Å². The third-order valence-corrected chi connectivity index (χ3v) is 1.16. The lowest BCUT2D eigenvalue weighted by molar-refractivity contribution is -0.623. The molecule has 0 fully saturated rings. The molecule has 0 radical (unpaired) electrons. The van der Waals surface area contributed by atoms with E-state index in [0.29, 0.717) is 0 Å². The van der Waals surface area contributed by atoms with Gasteiger partial charge in [0.15, 0.2) is 0 Å². The van der Waals surface area contributed by atoms with Gasteiger partial charge in [-0.05, 0) is 13.8 Å². The first kappa shape index (κ1) is 10.3. The molecule has 0 aliphatic rings. The highest BCUT2D eigenvalue weighted by atomic mass is 16.7. The molecule has 0 saturated carbocycles. The first-order valence-corrected chi connectivity index (χ1v) is 3.24. The molecule has 0 aromatic rings. The first-order chi connectivity index (χ1) is 4.65. The van der Waals surface area contributed by atoms with Gasteiger partial charge in [0.2, 0.25) is 0 Å². The third kappa shape index (κ3) is 3.90. The Morgan fingerprint density at radius 1 is 1.36 bits per heavy atom. The van der Waals surface area contributed by atoms with Gasteiger partial charge in [0.1, 0.15) is 0 Å². The maximum absolute atomic E-state index is 10.1. The highest BCUT2D eigenvalue weighted by molar-refractivity contribution is 4.73. The van der Waals surface area contributed by atoms with E-state index in [4.69, 9.17) is 10.2 Å². The maximum Gasteiger partial charge on any atom is 0.322 e. The fourth-order valence-electron chi connectivity index (χ4n) is 0.884. The Morgan fingerprint density at radius 2 is 1.73 bits per heavy atom. The van der Waals surface area contributed by atoms with Crippen LogP contribution in [0.4, 0.5) is 0 Å². The van der Waals surface area contributed by atoms with Crippen LogP contribution in [0.2, 0.25) is 0 Å². The molecule has 0 aromatic carbocycles. The Kier molecular flexibility index (Phi) is 2.58. The molecule has 0 spiro atoms. The Balaban J connectivity index is 4.25. The second-order valence-corrected chi connectivity index (χ2v) is 3.46. The van der Waals surface area contributed by atoms with Gasteiger partial charge in [-0.1, -0.05) is 0 Å². The minimum Gasteiger partial charge on any atom is -0.390 e. The zero-order chi connectivity index (χ0) is 9.28. The molecule has 0 heterocycles. The largest absolute Gasteiger partial charge is 0.390 e. The van der Waals surface area contributed by atoms with Crippen LogP contribution in [0.5, 0.6) is 0 Å². The number of hydrogen-bond donors (Lipinski definition) is 2. The zero-order valence-electron chi connectivity index (χ0n) is 6.87. The second kappa shape index (κ2) is 2.75. The fourth-order valence-corrected chi connectivity index (χ4v) is 0.884. The van der Waals surface area contributed by atoms with Gasteiger partial charge in [0.25, 0.3) is 0 Å². The quantitative estimate of drug-likeness (QED) is 0.352. The van der Waals surface area contributed by atoms with Gasteiger partial charge < -0.3 is 10.2 Å². The Labute approximate surface area is 64.8 Å². The third-order valence-electron chi connectivity index (χ3n) is 1.16. The summed E-state index contributed by atoms with van der Waals surface area (Å²) in [4.78, 5) is 9.33. The molecule has 11 heavy (non-hydrogen) atoms. The first-order valence-electron chi connectivity index (χ1n) is 3.24. The number of nitro groups is 1. The Bertz CT molecular complexity index is 158. The lowest BCUT2D eigenvalue weighted by atomic mass is 9.98. The van der Waals surface area contributed by atoms with Crippen LogP contribution in [0.15, 0.2) is 0 Å². The van der Waals surface area contributed by atoms with Gasteiger partial charge in [0.05, 0.1) is 16.9 Å². The number of nitrogens with zero attached hydrogens (tertiary/aromatic N) is 1. The lowest BCUT2D eigenvalue weighted by Crippen LogP contribution is -2.41. The predicted molar refractivity (Wildman–Crippen MR) is 38.5 cm³/mol. The van der Waals surface area contributed by atoms with Crippen molar-refractivity contribution in [2.45, 2.75) is 38.5 Å². The van der Waals surface area contributed by atoms with Crippen molar-refractivity contribution in [1.82, 2.24) is 0 Å². The van der Waals surface area contributed by atoms with E-state index in [2.05, 4.69) is 0 Å². The van der Waals surface area contributed by atoms with Crippen molar-refractivity contribution < 1.29 is 15.1 Å². The van der Waals surface area contributed by atoms with Gasteiger partial charge in [0, 0.05) is 6.92 Å². The smallest absolute Gasteiger partial charge is 0.322 e. The van der Waals surface area contributed by atoms with Crippen LogP contribution < -0.4 is 0 Å². The molecule has 0 bridgehead atoms. The van der Waals surface area contributed by atoms with E-state index in [-0.39, 0.29) is 6.42 Å².